The number of esters is 1. The van der Waals surface area contributed by atoms with Gasteiger partial charge < -0.3 is 4.74 Å². The first-order chi connectivity index (χ1) is 8.01. The van der Waals surface area contributed by atoms with E-state index in [1.807, 2.05) is 25.1 Å². The van der Waals surface area contributed by atoms with Crippen molar-refractivity contribution in [2.45, 2.75) is 26.2 Å². The minimum Gasteiger partial charge on any atom is -0.423 e. The Balaban J connectivity index is 2.34. The molecule has 0 radical (unpaired) electrons. The predicted molar refractivity (Wildman–Crippen MR) is 66.2 cm³/mol. The number of carbonyl (C=O) groups excluding carboxylic acids is 1. The van der Waals surface area contributed by atoms with E-state index in [4.69, 9.17) is 4.74 Å². The first kappa shape index (κ1) is 10.3. The smallest absolute Gasteiger partial charge is 0.339 e. The van der Waals surface area contributed by atoms with Crippen LogP contribution in [-0.4, -0.2) is 5.97 Å². The molecule has 0 atom stereocenters. The van der Waals surface area contributed by atoms with E-state index in [1.54, 1.807) is 0 Å². The monoisotopic (exact) mass is 226 g/mol. The SMILES string of the molecule is CC1=C2C(=Cc3ccccc3C2(C)C)OC1=O. The molecule has 0 saturated heterocycles. The maximum atomic E-state index is 11.7. The summed E-state index contributed by atoms with van der Waals surface area (Å²) < 4.78 is 5.32. The van der Waals surface area contributed by atoms with Crippen LogP contribution in [0.1, 0.15) is 31.9 Å². The molecule has 0 spiro atoms. The summed E-state index contributed by atoms with van der Waals surface area (Å²) in [5.74, 6) is 0.503. The van der Waals surface area contributed by atoms with Gasteiger partial charge in [-0.3, -0.25) is 0 Å². The summed E-state index contributed by atoms with van der Waals surface area (Å²) in [5.41, 5.74) is 3.98. The normalized spacial score (nSPS) is 20.6. The van der Waals surface area contributed by atoms with Crippen LogP contribution in [0.4, 0.5) is 0 Å². The molecule has 1 aliphatic heterocycles. The Morgan fingerprint density at radius 1 is 1.18 bits per heavy atom. The first-order valence-electron chi connectivity index (χ1n) is 5.77. The molecule has 0 N–H and O–H groups in total. The molecule has 1 aromatic rings. The molecule has 2 heteroatoms. The molecule has 17 heavy (non-hydrogen) atoms. The van der Waals surface area contributed by atoms with Crippen molar-refractivity contribution in [1.29, 1.82) is 0 Å². The molecule has 1 heterocycles. The van der Waals surface area contributed by atoms with Gasteiger partial charge in [-0.15, -0.1) is 0 Å². The number of benzene rings is 1. The Bertz CT molecular complexity index is 589. The summed E-state index contributed by atoms with van der Waals surface area (Å²) in [7, 11) is 0. The third-order valence-electron chi connectivity index (χ3n) is 3.68. The van der Waals surface area contributed by atoms with E-state index in [2.05, 4.69) is 26.0 Å². The van der Waals surface area contributed by atoms with E-state index in [0.29, 0.717) is 0 Å². The van der Waals surface area contributed by atoms with Gasteiger partial charge in [-0.05, 0) is 24.1 Å². The Morgan fingerprint density at radius 2 is 1.88 bits per heavy atom. The van der Waals surface area contributed by atoms with Crippen LogP contribution >= 0.6 is 0 Å². The average molecular weight is 226 g/mol. The third-order valence-corrected chi connectivity index (χ3v) is 3.68. The number of fused-ring (bicyclic) bond motifs is 2. The lowest BCUT2D eigenvalue weighted by molar-refractivity contribution is -0.133. The molecule has 0 amide bonds. The van der Waals surface area contributed by atoms with E-state index in [-0.39, 0.29) is 11.4 Å². The summed E-state index contributed by atoms with van der Waals surface area (Å²) in [4.78, 5) is 11.7. The van der Waals surface area contributed by atoms with Gasteiger partial charge in [0.05, 0.1) is 0 Å². The zero-order chi connectivity index (χ0) is 12.2. The predicted octanol–water partition coefficient (Wildman–Crippen LogP) is 3.19. The first-order valence-corrected chi connectivity index (χ1v) is 5.77. The number of rotatable bonds is 0. The molecular weight excluding hydrogens is 212 g/mol. The number of carbonyl (C=O) groups is 1. The molecule has 1 aromatic carbocycles. The van der Waals surface area contributed by atoms with Gasteiger partial charge in [-0.1, -0.05) is 38.1 Å². The third kappa shape index (κ3) is 1.24. The minimum absolute atomic E-state index is 0.170. The number of allylic oxidation sites excluding steroid dienone is 1. The van der Waals surface area contributed by atoms with Gasteiger partial charge in [0.2, 0.25) is 0 Å². The second kappa shape index (κ2) is 3.10. The van der Waals surface area contributed by atoms with E-state index in [0.717, 1.165) is 22.5 Å². The topological polar surface area (TPSA) is 26.3 Å². The van der Waals surface area contributed by atoms with Gasteiger partial charge in [0.1, 0.15) is 5.76 Å². The highest BCUT2D eigenvalue weighted by Gasteiger charge is 2.41. The van der Waals surface area contributed by atoms with E-state index in [9.17, 15) is 4.79 Å². The quantitative estimate of drug-likeness (QED) is 0.635. The maximum absolute atomic E-state index is 11.7. The van der Waals surface area contributed by atoms with E-state index in [1.165, 1.54) is 5.56 Å². The summed E-state index contributed by atoms with van der Waals surface area (Å²) in [5, 5.41) is 0. The largest absolute Gasteiger partial charge is 0.423 e. The van der Waals surface area contributed by atoms with Crippen LogP contribution < -0.4 is 0 Å². The van der Waals surface area contributed by atoms with Crippen molar-refractivity contribution >= 4 is 12.0 Å². The highest BCUT2D eigenvalue weighted by Crippen LogP contribution is 2.47. The lowest BCUT2D eigenvalue weighted by Crippen LogP contribution is -2.25. The lowest BCUT2D eigenvalue weighted by atomic mass is 9.70. The van der Waals surface area contributed by atoms with Crippen molar-refractivity contribution in [3.05, 3.63) is 52.3 Å². The van der Waals surface area contributed by atoms with Gasteiger partial charge in [0, 0.05) is 16.6 Å². The van der Waals surface area contributed by atoms with Crippen LogP contribution in [0.25, 0.3) is 6.08 Å². The van der Waals surface area contributed by atoms with Crippen molar-refractivity contribution < 1.29 is 9.53 Å². The van der Waals surface area contributed by atoms with Crippen LogP contribution in [0, 0.1) is 0 Å². The molecule has 86 valence electrons. The van der Waals surface area contributed by atoms with Gasteiger partial charge in [-0.2, -0.15) is 0 Å². The highest BCUT2D eigenvalue weighted by atomic mass is 16.5. The van der Waals surface area contributed by atoms with Gasteiger partial charge >= 0.3 is 5.97 Å². The van der Waals surface area contributed by atoms with Crippen LogP contribution in [0.3, 0.4) is 0 Å². The van der Waals surface area contributed by atoms with Crippen molar-refractivity contribution in [2.75, 3.05) is 0 Å². The minimum atomic E-state index is -0.216. The fraction of sp³-hybridized carbons (Fsp3) is 0.267. The second-order valence-corrected chi connectivity index (χ2v) is 5.11. The average Bonchev–Trinajstić information content (AvgIpc) is 2.55. The van der Waals surface area contributed by atoms with Crippen molar-refractivity contribution in [3.63, 3.8) is 0 Å². The van der Waals surface area contributed by atoms with Crippen LogP contribution in [0.5, 0.6) is 0 Å². The van der Waals surface area contributed by atoms with Crippen molar-refractivity contribution in [3.8, 4) is 0 Å². The summed E-state index contributed by atoms with van der Waals surface area (Å²) in [6.07, 6.45) is 1.96. The molecule has 0 unspecified atom stereocenters. The Kier molecular flexibility index (Phi) is 1.88. The zero-order valence-electron chi connectivity index (χ0n) is 10.2. The number of hydrogen-bond donors (Lipinski definition) is 0. The van der Waals surface area contributed by atoms with Crippen molar-refractivity contribution in [1.82, 2.24) is 0 Å². The van der Waals surface area contributed by atoms with Gasteiger partial charge in [0.25, 0.3) is 0 Å². The van der Waals surface area contributed by atoms with Crippen LogP contribution in [-0.2, 0) is 14.9 Å². The molecular formula is C15H14O2. The second-order valence-electron chi connectivity index (χ2n) is 5.11. The maximum Gasteiger partial charge on any atom is 0.339 e. The summed E-state index contributed by atoms with van der Waals surface area (Å²) >= 11 is 0. The van der Waals surface area contributed by atoms with Crippen LogP contribution in [0.2, 0.25) is 0 Å². The fourth-order valence-electron chi connectivity index (χ4n) is 2.86. The molecule has 0 aromatic heterocycles. The fourth-order valence-corrected chi connectivity index (χ4v) is 2.86. The van der Waals surface area contributed by atoms with E-state index < -0.39 is 0 Å². The zero-order valence-corrected chi connectivity index (χ0v) is 10.2. The van der Waals surface area contributed by atoms with Crippen LogP contribution in [0.15, 0.2) is 41.2 Å². The molecule has 0 saturated carbocycles. The molecule has 2 aliphatic rings. The number of hydrogen-bond acceptors (Lipinski definition) is 2. The highest BCUT2D eigenvalue weighted by molar-refractivity contribution is 5.97. The molecule has 3 rings (SSSR count). The van der Waals surface area contributed by atoms with E-state index >= 15 is 0 Å². The Labute approximate surface area is 101 Å². The van der Waals surface area contributed by atoms with Gasteiger partial charge in [0.15, 0.2) is 0 Å². The number of ether oxygens (including phenoxy) is 1. The van der Waals surface area contributed by atoms with Gasteiger partial charge in [-0.25, -0.2) is 4.79 Å². The molecule has 0 fully saturated rings. The molecule has 0 bridgehead atoms. The molecule has 1 aliphatic carbocycles. The summed E-state index contributed by atoms with van der Waals surface area (Å²) in [6, 6.07) is 8.21. The Morgan fingerprint density at radius 3 is 2.65 bits per heavy atom. The Hall–Kier alpha value is -1.83. The lowest BCUT2D eigenvalue weighted by Gasteiger charge is -2.32. The standard InChI is InChI=1S/C15H14O2/c1-9-13-12(17-14(9)16)8-10-6-4-5-7-11(10)15(13,2)3/h4-8H,1-3H3. The van der Waals surface area contributed by atoms with Crippen molar-refractivity contribution in [2.24, 2.45) is 0 Å². The molecule has 2 nitrogen and oxygen atoms in total. The summed E-state index contributed by atoms with van der Waals surface area (Å²) in [6.45, 7) is 6.12.